The first-order valence-corrected chi connectivity index (χ1v) is 12.3. The number of benzene rings is 1. The molecule has 0 radical (unpaired) electrons. The van der Waals surface area contributed by atoms with E-state index in [0.29, 0.717) is 24.0 Å². The topological polar surface area (TPSA) is 116 Å². The van der Waals surface area contributed by atoms with Crippen LogP contribution in [0.1, 0.15) is 37.7 Å². The first kappa shape index (κ1) is 24.5. The predicted molar refractivity (Wildman–Crippen MR) is 114 cm³/mol. The zero-order chi connectivity index (χ0) is 22.3. The van der Waals surface area contributed by atoms with Crippen molar-refractivity contribution in [2.24, 2.45) is 5.92 Å². The maximum absolute atomic E-state index is 10.9. The van der Waals surface area contributed by atoms with E-state index in [1.54, 1.807) is 14.2 Å². The van der Waals surface area contributed by atoms with Crippen molar-refractivity contribution in [3.8, 4) is 11.5 Å². The molecule has 10 heteroatoms. The van der Waals surface area contributed by atoms with Crippen molar-refractivity contribution in [3.63, 3.8) is 0 Å². The van der Waals surface area contributed by atoms with Crippen molar-refractivity contribution >= 4 is 7.82 Å². The van der Waals surface area contributed by atoms with Gasteiger partial charge in [-0.25, -0.2) is 4.57 Å². The Morgan fingerprint density at radius 3 is 2.55 bits per heavy atom. The van der Waals surface area contributed by atoms with E-state index in [0.717, 1.165) is 50.6 Å². The lowest BCUT2D eigenvalue weighted by molar-refractivity contribution is -0.0807. The number of ether oxygens (including phenoxy) is 4. The zero-order valence-corrected chi connectivity index (χ0v) is 19.1. The normalized spacial score (nSPS) is 26.7. The Balaban J connectivity index is 1.53. The van der Waals surface area contributed by atoms with Gasteiger partial charge in [-0.3, -0.25) is 4.52 Å². The molecule has 2 aliphatic rings. The van der Waals surface area contributed by atoms with Gasteiger partial charge in [0.1, 0.15) is 0 Å². The number of rotatable bonds is 11. The molecule has 0 bridgehead atoms. The van der Waals surface area contributed by atoms with Gasteiger partial charge in [0.05, 0.1) is 33.0 Å². The van der Waals surface area contributed by atoms with E-state index in [9.17, 15) is 4.57 Å². The number of phosphoric ester groups is 1. The fourth-order valence-electron chi connectivity index (χ4n) is 4.61. The van der Waals surface area contributed by atoms with Crippen LogP contribution in [0, 0.1) is 5.92 Å². The highest BCUT2D eigenvalue weighted by atomic mass is 31.2. The molecule has 4 atom stereocenters. The van der Waals surface area contributed by atoms with E-state index < -0.39 is 14.6 Å². The van der Waals surface area contributed by atoms with Crippen molar-refractivity contribution in [1.29, 1.82) is 0 Å². The third-order valence-corrected chi connectivity index (χ3v) is 6.54. The molecule has 1 aromatic carbocycles. The fourth-order valence-corrected chi connectivity index (χ4v) is 4.81. The summed E-state index contributed by atoms with van der Waals surface area (Å²) >= 11 is 0. The maximum Gasteiger partial charge on any atom is 0.471 e. The molecule has 3 rings (SSSR count). The third-order valence-electron chi connectivity index (χ3n) is 6.10. The van der Waals surface area contributed by atoms with Crippen molar-refractivity contribution in [1.82, 2.24) is 5.32 Å². The fraction of sp³-hybridized carbons (Fsp3) is 0.714. The molecule has 1 aromatic rings. The van der Waals surface area contributed by atoms with Crippen LogP contribution in [-0.4, -0.2) is 62.2 Å². The molecule has 1 saturated heterocycles. The monoisotopic (exact) mass is 459 g/mol. The molecule has 0 amide bonds. The highest BCUT2D eigenvalue weighted by Crippen LogP contribution is 2.37. The minimum absolute atomic E-state index is 0.0896. The average molecular weight is 459 g/mol. The van der Waals surface area contributed by atoms with Crippen LogP contribution in [0.15, 0.2) is 18.2 Å². The van der Waals surface area contributed by atoms with Crippen LogP contribution in [0.25, 0.3) is 0 Å². The average Bonchev–Trinajstić information content (AvgIpc) is 3.21. The summed E-state index contributed by atoms with van der Waals surface area (Å²) in [4.78, 5) is 17.7. The molecule has 1 aliphatic heterocycles. The molecule has 176 valence electrons. The standard InChI is InChI=1S/C21H34NO8P/c1-26-18-8-7-15(13-20(18)27-2)10-12-28-17-6-4-3-5-16(17)21-19(9-11-22-21)29-14-30-31(23,24)25/h7-8,13,16-17,19,21-22H,3-6,9-12,14H2,1-2H3,(H2,23,24,25)/t16-,17+,19-,21?/m1/s1. The smallest absolute Gasteiger partial charge is 0.471 e. The molecular weight excluding hydrogens is 425 g/mol. The lowest BCUT2D eigenvalue weighted by Crippen LogP contribution is -2.47. The van der Waals surface area contributed by atoms with Crippen LogP contribution in [-0.2, 0) is 25.0 Å². The van der Waals surface area contributed by atoms with Gasteiger partial charge >= 0.3 is 7.82 Å². The predicted octanol–water partition coefficient (Wildman–Crippen LogP) is 2.64. The molecule has 1 saturated carbocycles. The summed E-state index contributed by atoms with van der Waals surface area (Å²) in [7, 11) is -1.28. The number of hydrogen-bond donors (Lipinski definition) is 3. The summed E-state index contributed by atoms with van der Waals surface area (Å²) in [6, 6.07) is 5.99. The molecule has 1 aliphatic carbocycles. The summed E-state index contributed by atoms with van der Waals surface area (Å²) < 4.78 is 38.0. The second-order valence-electron chi connectivity index (χ2n) is 8.01. The van der Waals surface area contributed by atoms with Gasteiger partial charge in [0.25, 0.3) is 0 Å². The highest BCUT2D eigenvalue weighted by molar-refractivity contribution is 7.46. The van der Waals surface area contributed by atoms with Gasteiger partial charge in [-0.1, -0.05) is 18.9 Å². The molecular formula is C21H34NO8P. The lowest BCUT2D eigenvalue weighted by Gasteiger charge is -2.37. The summed E-state index contributed by atoms with van der Waals surface area (Å²) in [6.07, 6.45) is 5.85. The van der Waals surface area contributed by atoms with E-state index in [4.69, 9.17) is 28.7 Å². The summed E-state index contributed by atoms with van der Waals surface area (Å²) in [6.45, 7) is 1.00. The van der Waals surface area contributed by atoms with Crippen LogP contribution in [0.5, 0.6) is 11.5 Å². The molecule has 1 heterocycles. The summed E-state index contributed by atoms with van der Waals surface area (Å²) in [5, 5.41) is 3.50. The van der Waals surface area contributed by atoms with Gasteiger partial charge in [-0.2, -0.15) is 0 Å². The Bertz CT molecular complexity index is 742. The van der Waals surface area contributed by atoms with Crippen LogP contribution in [0.4, 0.5) is 0 Å². The second-order valence-corrected chi connectivity index (χ2v) is 9.25. The Hall–Kier alpha value is -1.19. The second kappa shape index (κ2) is 11.6. The Morgan fingerprint density at radius 1 is 1.03 bits per heavy atom. The Labute approximate surface area is 183 Å². The minimum Gasteiger partial charge on any atom is -0.493 e. The number of methoxy groups -OCH3 is 2. The van der Waals surface area contributed by atoms with Crippen molar-refractivity contribution < 1.29 is 37.8 Å². The Morgan fingerprint density at radius 2 is 1.81 bits per heavy atom. The zero-order valence-electron chi connectivity index (χ0n) is 18.2. The van der Waals surface area contributed by atoms with Gasteiger partial charge in [0.2, 0.25) is 0 Å². The van der Waals surface area contributed by atoms with Crippen LogP contribution >= 0.6 is 7.82 Å². The first-order chi connectivity index (χ1) is 14.9. The van der Waals surface area contributed by atoms with Crippen LogP contribution in [0.2, 0.25) is 0 Å². The molecule has 31 heavy (non-hydrogen) atoms. The highest BCUT2D eigenvalue weighted by Gasteiger charge is 2.40. The number of nitrogens with one attached hydrogen (secondary N) is 1. The largest absolute Gasteiger partial charge is 0.493 e. The van der Waals surface area contributed by atoms with Gasteiger partial charge in [0, 0.05) is 12.0 Å². The number of hydrogen-bond acceptors (Lipinski definition) is 7. The van der Waals surface area contributed by atoms with Crippen molar-refractivity contribution in [2.45, 2.75) is 56.8 Å². The van der Waals surface area contributed by atoms with Gasteiger partial charge in [0.15, 0.2) is 18.3 Å². The van der Waals surface area contributed by atoms with E-state index in [1.807, 2.05) is 18.2 Å². The third kappa shape index (κ3) is 7.15. The van der Waals surface area contributed by atoms with Crippen molar-refractivity contribution in [2.75, 3.05) is 34.2 Å². The molecule has 1 unspecified atom stereocenters. The molecule has 3 N–H and O–H groups in total. The van der Waals surface area contributed by atoms with Crippen LogP contribution in [0.3, 0.4) is 0 Å². The lowest BCUT2D eigenvalue weighted by atomic mass is 9.80. The van der Waals surface area contributed by atoms with E-state index in [2.05, 4.69) is 9.84 Å². The quantitative estimate of drug-likeness (QED) is 0.339. The SMILES string of the molecule is COc1ccc(CCO[C@H]2CCCC[C@H]2C2NCC[C@H]2OCOP(=O)(O)O)cc1OC. The van der Waals surface area contributed by atoms with Crippen LogP contribution < -0.4 is 14.8 Å². The summed E-state index contributed by atoms with van der Waals surface area (Å²) in [5.41, 5.74) is 1.12. The molecule has 0 spiro atoms. The first-order valence-electron chi connectivity index (χ1n) is 10.8. The van der Waals surface area contributed by atoms with Crippen molar-refractivity contribution in [3.05, 3.63) is 23.8 Å². The van der Waals surface area contributed by atoms with E-state index >= 15 is 0 Å². The Kier molecular flexibility index (Phi) is 9.16. The summed E-state index contributed by atoms with van der Waals surface area (Å²) in [5.74, 6) is 1.71. The maximum atomic E-state index is 10.9. The minimum atomic E-state index is -4.53. The van der Waals surface area contributed by atoms with E-state index in [-0.39, 0.29) is 18.2 Å². The molecule has 0 aromatic heterocycles. The van der Waals surface area contributed by atoms with Gasteiger partial charge in [-0.05, 0) is 49.9 Å². The van der Waals surface area contributed by atoms with E-state index in [1.165, 1.54) is 0 Å². The van der Waals surface area contributed by atoms with Gasteiger partial charge < -0.3 is 34.1 Å². The van der Waals surface area contributed by atoms with Gasteiger partial charge in [-0.15, -0.1) is 0 Å². The number of phosphoric acid groups is 1. The molecule has 2 fully saturated rings. The molecule has 9 nitrogen and oxygen atoms in total.